The van der Waals surface area contributed by atoms with E-state index in [1.807, 2.05) is 25.7 Å². The van der Waals surface area contributed by atoms with Crippen molar-refractivity contribution in [2.24, 2.45) is 0 Å². The minimum atomic E-state index is -4.01. The molecule has 1 saturated heterocycles. The second-order valence-corrected chi connectivity index (χ2v) is 13.8. The molecular weight excluding hydrogens is 608 g/mol. The molecule has 46 heavy (non-hydrogen) atoms. The molecule has 3 aromatic rings. The summed E-state index contributed by atoms with van der Waals surface area (Å²) in [5, 5.41) is 3.16. The number of aromatic nitrogens is 2. The Morgan fingerprint density at radius 1 is 1.00 bits per heavy atom. The number of nitrogens with zero attached hydrogens (tertiary/aromatic N) is 4. The van der Waals surface area contributed by atoms with E-state index in [-0.39, 0.29) is 28.9 Å². The number of hydrogen-bond acceptors (Lipinski definition) is 10. The van der Waals surface area contributed by atoms with Gasteiger partial charge in [-0.2, -0.15) is 4.98 Å². The molecule has 2 heterocycles. The number of anilines is 3. The van der Waals surface area contributed by atoms with Crippen molar-refractivity contribution < 1.29 is 27.5 Å². The summed E-state index contributed by atoms with van der Waals surface area (Å²) < 4.78 is 40.6. The van der Waals surface area contributed by atoms with Crippen LogP contribution in [0.15, 0.2) is 59.6 Å². The van der Waals surface area contributed by atoms with E-state index in [0.29, 0.717) is 37.9 Å². The zero-order valence-corrected chi connectivity index (χ0v) is 28.2. The first-order chi connectivity index (χ1) is 21.8. The number of hydrogen-bond donors (Lipinski definition) is 2. The maximum Gasteiger partial charge on any atom is 0.415 e. The number of sulfonamides is 1. The van der Waals surface area contributed by atoms with Crippen molar-refractivity contribution in [3.63, 3.8) is 0 Å². The first-order valence-electron chi connectivity index (χ1n) is 15.5. The lowest BCUT2D eigenvalue weighted by Gasteiger charge is -2.26. The number of benzene rings is 2. The molecule has 13 heteroatoms. The third-order valence-electron chi connectivity index (χ3n) is 7.33. The number of ether oxygens (including phenoxy) is 2. The normalized spacial score (nSPS) is 14.0. The summed E-state index contributed by atoms with van der Waals surface area (Å²) >= 11 is 0. The average Bonchev–Trinajstić information content (AvgIpc) is 3.54. The van der Waals surface area contributed by atoms with Gasteiger partial charge in [0.05, 0.1) is 11.1 Å². The lowest BCUT2D eigenvalue weighted by molar-refractivity contribution is -0.155. The van der Waals surface area contributed by atoms with Crippen LogP contribution >= 0.6 is 0 Å². The minimum absolute atomic E-state index is 0.0751. The Bertz CT molecular complexity index is 1600. The third kappa shape index (κ3) is 9.32. The summed E-state index contributed by atoms with van der Waals surface area (Å²) in [6.45, 7) is 13.7. The van der Waals surface area contributed by atoms with E-state index < -0.39 is 27.6 Å². The first kappa shape index (κ1) is 34.5. The topological polar surface area (TPSA) is 143 Å². The molecule has 2 aromatic carbocycles. The van der Waals surface area contributed by atoms with Gasteiger partial charge in [0.2, 0.25) is 5.95 Å². The Kier molecular flexibility index (Phi) is 11.1. The molecule has 0 radical (unpaired) electrons. The Hall–Kier alpha value is -4.39. The van der Waals surface area contributed by atoms with Gasteiger partial charge < -0.3 is 24.6 Å². The molecule has 12 nitrogen and oxygen atoms in total. The van der Waals surface area contributed by atoms with Crippen molar-refractivity contribution in [2.45, 2.75) is 77.3 Å². The van der Waals surface area contributed by atoms with Crippen LogP contribution in [0, 0.1) is 6.92 Å². The zero-order chi connectivity index (χ0) is 33.5. The predicted octanol–water partition coefficient (Wildman–Crippen LogP) is 5.39. The summed E-state index contributed by atoms with van der Waals surface area (Å²) in [7, 11) is -4.01. The van der Waals surface area contributed by atoms with Crippen molar-refractivity contribution in [1.82, 2.24) is 14.9 Å². The van der Waals surface area contributed by atoms with Gasteiger partial charge in [0.1, 0.15) is 23.1 Å². The Balaban J connectivity index is 1.64. The van der Waals surface area contributed by atoms with Gasteiger partial charge in [0.25, 0.3) is 10.0 Å². The standard InChI is InChI=1S/C33H44N6O6S/c1-7-38(8-2)31-34-22-28(37-46(42,43)26-17-11-23(3)12-18-26)29(36-31)35-27(30(40)45-33(4,5)6)21-24-13-15-25(16-14-24)44-32(41)39-19-9-10-20-39/h11-18,22,27,37H,7-10,19-21H2,1-6H3,(H,34,35,36)/t27-/m0/s1. The van der Waals surface area contributed by atoms with Crippen LogP contribution in [0.1, 0.15) is 58.6 Å². The van der Waals surface area contributed by atoms with Crippen LogP contribution < -0.4 is 19.7 Å². The highest BCUT2D eigenvalue weighted by Crippen LogP contribution is 2.27. The van der Waals surface area contributed by atoms with Gasteiger partial charge in [-0.05, 0) is 84.2 Å². The number of esters is 1. The minimum Gasteiger partial charge on any atom is -0.458 e. The van der Waals surface area contributed by atoms with Crippen molar-refractivity contribution in [2.75, 3.05) is 41.1 Å². The highest BCUT2D eigenvalue weighted by molar-refractivity contribution is 7.92. The van der Waals surface area contributed by atoms with E-state index in [1.165, 1.54) is 18.3 Å². The van der Waals surface area contributed by atoms with Gasteiger partial charge in [-0.25, -0.2) is 23.0 Å². The molecule has 4 rings (SSSR count). The van der Waals surface area contributed by atoms with Gasteiger partial charge in [0, 0.05) is 32.6 Å². The zero-order valence-electron chi connectivity index (χ0n) is 27.4. The van der Waals surface area contributed by atoms with Crippen LogP contribution in [0.2, 0.25) is 0 Å². The Labute approximate surface area is 271 Å². The van der Waals surface area contributed by atoms with Crippen molar-refractivity contribution in [3.8, 4) is 5.75 Å². The Morgan fingerprint density at radius 2 is 1.63 bits per heavy atom. The number of rotatable bonds is 12. The summed E-state index contributed by atoms with van der Waals surface area (Å²) in [6, 6.07) is 12.4. The fourth-order valence-electron chi connectivity index (χ4n) is 4.86. The first-order valence-corrected chi connectivity index (χ1v) is 17.0. The molecule has 1 amide bonds. The highest BCUT2D eigenvalue weighted by Gasteiger charge is 2.28. The predicted molar refractivity (Wildman–Crippen MR) is 178 cm³/mol. The summed E-state index contributed by atoms with van der Waals surface area (Å²) in [4.78, 5) is 38.7. The molecule has 248 valence electrons. The molecule has 0 spiro atoms. The number of carbonyl (C=O) groups excluding carboxylic acids is 2. The highest BCUT2D eigenvalue weighted by atomic mass is 32.2. The average molecular weight is 653 g/mol. The lowest BCUT2D eigenvalue weighted by atomic mass is 10.1. The second-order valence-electron chi connectivity index (χ2n) is 12.2. The van der Waals surface area contributed by atoms with E-state index in [2.05, 4.69) is 20.0 Å². The summed E-state index contributed by atoms with van der Waals surface area (Å²) in [6.07, 6.45) is 3.11. The largest absolute Gasteiger partial charge is 0.458 e. The van der Waals surface area contributed by atoms with Crippen molar-refractivity contribution in [1.29, 1.82) is 0 Å². The smallest absolute Gasteiger partial charge is 0.415 e. The Morgan fingerprint density at radius 3 is 2.22 bits per heavy atom. The van der Waals surface area contributed by atoms with Crippen molar-refractivity contribution >= 4 is 39.5 Å². The fraction of sp³-hybridized carbons (Fsp3) is 0.455. The monoisotopic (exact) mass is 652 g/mol. The van der Waals surface area contributed by atoms with Crippen molar-refractivity contribution in [3.05, 3.63) is 65.9 Å². The van der Waals surface area contributed by atoms with Crippen LogP contribution in [-0.4, -0.2) is 73.2 Å². The quantitative estimate of drug-likeness (QED) is 0.245. The molecule has 1 aliphatic heterocycles. The van der Waals surface area contributed by atoms with Crippen LogP contribution in [-0.2, 0) is 26.0 Å². The number of carbonyl (C=O) groups is 2. The molecule has 2 N–H and O–H groups in total. The number of nitrogens with one attached hydrogen (secondary N) is 2. The maximum absolute atomic E-state index is 13.6. The van der Waals surface area contributed by atoms with Crippen LogP contribution in [0.25, 0.3) is 0 Å². The molecule has 1 aliphatic rings. The second kappa shape index (κ2) is 14.8. The third-order valence-corrected chi connectivity index (χ3v) is 8.71. The van der Waals surface area contributed by atoms with Crippen LogP contribution in [0.4, 0.5) is 22.2 Å². The van der Waals surface area contributed by atoms with E-state index in [9.17, 15) is 18.0 Å². The van der Waals surface area contributed by atoms with Gasteiger partial charge in [0.15, 0.2) is 5.82 Å². The van der Waals surface area contributed by atoms with E-state index >= 15 is 0 Å². The van der Waals surface area contributed by atoms with Gasteiger partial charge in [-0.1, -0.05) is 29.8 Å². The molecule has 0 unspecified atom stereocenters. The summed E-state index contributed by atoms with van der Waals surface area (Å²) in [5.41, 5.74) is 0.975. The molecule has 0 saturated carbocycles. The van der Waals surface area contributed by atoms with Gasteiger partial charge in [-0.3, -0.25) is 4.72 Å². The number of amides is 1. The van der Waals surface area contributed by atoms with E-state index in [0.717, 1.165) is 24.0 Å². The fourth-order valence-corrected chi connectivity index (χ4v) is 5.91. The van der Waals surface area contributed by atoms with E-state index in [1.54, 1.807) is 62.1 Å². The molecule has 1 aromatic heterocycles. The number of likely N-dealkylation sites (tertiary alicyclic amines) is 1. The lowest BCUT2D eigenvalue weighted by Crippen LogP contribution is -2.38. The molecule has 1 fully saturated rings. The SMILES string of the molecule is CCN(CC)c1ncc(NS(=O)(=O)c2ccc(C)cc2)c(N[C@@H](Cc2ccc(OC(=O)N3CCCC3)cc2)C(=O)OC(C)(C)C)n1. The molecular formula is C33H44N6O6S. The van der Waals surface area contributed by atoms with Crippen LogP contribution in [0.3, 0.4) is 0 Å². The molecule has 0 aliphatic carbocycles. The molecule has 1 atom stereocenters. The molecule has 0 bridgehead atoms. The van der Waals surface area contributed by atoms with E-state index in [4.69, 9.17) is 9.47 Å². The summed E-state index contributed by atoms with van der Waals surface area (Å²) in [5.74, 6) is 0.347. The number of aryl methyl sites for hydroxylation is 1. The maximum atomic E-state index is 13.6. The van der Waals surface area contributed by atoms with Crippen LogP contribution in [0.5, 0.6) is 5.75 Å². The van der Waals surface area contributed by atoms with Gasteiger partial charge in [-0.15, -0.1) is 0 Å². The van der Waals surface area contributed by atoms with Gasteiger partial charge >= 0.3 is 12.1 Å².